The molecule has 2 aromatic rings. The predicted molar refractivity (Wildman–Crippen MR) is 96.2 cm³/mol. The number of nitrogens with one attached hydrogen (secondary N) is 1. The summed E-state index contributed by atoms with van der Waals surface area (Å²) in [5.41, 5.74) is 1.05. The molecular formula is C19H24ClNO2. The van der Waals surface area contributed by atoms with Gasteiger partial charge in [-0.25, -0.2) is 0 Å². The molecule has 0 aromatic heterocycles. The molecule has 1 fully saturated rings. The lowest BCUT2D eigenvalue weighted by atomic mass is 9.85. The fraction of sp³-hybridized carbons (Fsp3) is 0.421. The monoisotopic (exact) mass is 333 g/mol. The summed E-state index contributed by atoms with van der Waals surface area (Å²) in [4.78, 5) is 12.5. The zero-order chi connectivity index (χ0) is 15.4. The van der Waals surface area contributed by atoms with Gasteiger partial charge in [-0.1, -0.05) is 48.9 Å². The molecule has 3 rings (SSSR count). The van der Waals surface area contributed by atoms with Crippen molar-refractivity contribution >= 4 is 29.1 Å². The van der Waals surface area contributed by atoms with Gasteiger partial charge in [0.1, 0.15) is 0 Å². The van der Waals surface area contributed by atoms with E-state index in [4.69, 9.17) is 4.74 Å². The first-order valence-corrected chi connectivity index (χ1v) is 8.18. The van der Waals surface area contributed by atoms with Gasteiger partial charge in [0, 0.05) is 6.04 Å². The minimum atomic E-state index is -0.218. The molecule has 1 saturated heterocycles. The Morgan fingerprint density at radius 3 is 2.70 bits per heavy atom. The molecule has 0 bridgehead atoms. The van der Waals surface area contributed by atoms with Gasteiger partial charge in [-0.2, -0.15) is 0 Å². The Kier molecular flexibility index (Phi) is 6.43. The van der Waals surface area contributed by atoms with Gasteiger partial charge in [-0.05, 0) is 42.6 Å². The van der Waals surface area contributed by atoms with Gasteiger partial charge < -0.3 is 10.1 Å². The van der Waals surface area contributed by atoms with Crippen molar-refractivity contribution in [2.24, 2.45) is 0 Å². The van der Waals surface area contributed by atoms with Gasteiger partial charge >= 0.3 is 5.97 Å². The Morgan fingerprint density at radius 2 is 2.00 bits per heavy atom. The van der Waals surface area contributed by atoms with Gasteiger partial charge in [0.25, 0.3) is 0 Å². The number of carbonyl (C=O) groups is 1. The molecule has 1 aliphatic rings. The number of hydrogen-bond donors (Lipinski definition) is 1. The molecule has 1 heterocycles. The van der Waals surface area contributed by atoms with Crippen molar-refractivity contribution in [1.82, 2.24) is 5.32 Å². The number of esters is 1. The van der Waals surface area contributed by atoms with Crippen molar-refractivity contribution in [1.29, 1.82) is 0 Å². The molecule has 2 aromatic carbocycles. The lowest BCUT2D eigenvalue weighted by Crippen LogP contribution is -2.42. The molecule has 4 heteroatoms. The number of benzene rings is 2. The van der Waals surface area contributed by atoms with Crippen molar-refractivity contribution in [3.63, 3.8) is 0 Å². The fourth-order valence-electron chi connectivity index (χ4n) is 3.33. The highest BCUT2D eigenvalue weighted by Gasteiger charge is 2.32. The number of carbonyl (C=O) groups excluding carboxylic acids is 1. The van der Waals surface area contributed by atoms with Crippen LogP contribution in [0.4, 0.5) is 0 Å². The fourth-order valence-corrected chi connectivity index (χ4v) is 3.33. The first-order chi connectivity index (χ1) is 10.8. The lowest BCUT2D eigenvalue weighted by Gasteiger charge is -2.30. The molecule has 2 atom stereocenters. The number of halogens is 1. The van der Waals surface area contributed by atoms with Crippen molar-refractivity contribution in [3.8, 4) is 0 Å². The molecule has 0 aliphatic carbocycles. The second-order valence-electron chi connectivity index (χ2n) is 5.89. The summed E-state index contributed by atoms with van der Waals surface area (Å²) < 4.78 is 5.34. The summed E-state index contributed by atoms with van der Waals surface area (Å²) in [6, 6.07) is 14.7. The number of hydrogen-bond acceptors (Lipinski definition) is 3. The summed E-state index contributed by atoms with van der Waals surface area (Å²) in [6.07, 6.45) is 3.38. The maximum atomic E-state index is 12.5. The number of fused-ring (bicyclic) bond motifs is 1. The highest BCUT2D eigenvalue weighted by Crippen LogP contribution is 2.29. The molecule has 0 saturated carbocycles. The normalized spacial score (nSPS) is 18.9. The van der Waals surface area contributed by atoms with E-state index in [2.05, 4.69) is 35.6 Å². The SMILES string of the molecule is CCOC(=O)C(c1ccc2ccccc2c1)C1CCCCN1.Cl. The summed E-state index contributed by atoms with van der Waals surface area (Å²) in [5, 5.41) is 5.88. The molecular weight excluding hydrogens is 310 g/mol. The van der Waals surface area contributed by atoms with E-state index in [1.54, 1.807) is 0 Å². The van der Waals surface area contributed by atoms with Crippen LogP contribution in [0.3, 0.4) is 0 Å². The number of rotatable bonds is 4. The Labute approximate surface area is 143 Å². The van der Waals surface area contributed by atoms with E-state index in [-0.39, 0.29) is 30.3 Å². The van der Waals surface area contributed by atoms with Crippen molar-refractivity contribution < 1.29 is 9.53 Å². The minimum absolute atomic E-state index is 0. The van der Waals surface area contributed by atoms with Gasteiger partial charge in [0.05, 0.1) is 12.5 Å². The topological polar surface area (TPSA) is 38.3 Å². The van der Waals surface area contributed by atoms with Gasteiger partial charge in [-0.15, -0.1) is 12.4 Å². The smallest absolute Gasteiger partial charge is 0.315 e. The average molecular weight is 334 g/mol. The van der Waals surface area contributed by atoms with Crippen molar-refractivity contribution in [3.05, 3.63) is 48.0 Å². The third-order valence-electron chi connectivity index (χ3n) is 4.42. The van der Waals surface area contributed by atoms with Crippen molar-refractivity contribution in [2.45, 2.75) is 38.1 Å². The summed E-state index contributed by atoms with van der Waals surface area (Å²) >= 11 is 0. The van der Waals surface area contributed by atoms with Crippen LogP contribution in [0.5, 0.6) is 0 Å². The Balaban J connectivity index is 0.00000192. The molecule has 3 nitrogen and oxygen atoms in total. The van der Waals surface area contributed by atoms with E-state index in [1.807, 2.05) is 19.1 Å². The Hall–Kier alpha value is -1.58. The third kappa shape index (κ3) is 4.04. The van der Waals surface area contributed by atoms with E-state index in [1.165, 1.54) is 23.6 Å². The Bertz CT molecular complexity index is 653. The molecule has 1 N–H and O–H groups in total. The number of ether oxygens (including phenoxy) is 1. The maximum Gasteiger partial charge on any atom is 0.315 e. The molecule has 0 radical (unpaired) electrons. The second-order valence-corrected chi connectivity index (χ2v) is 5.89. The zero-order valence-electron chi connectivity index (χ0n) is 13.5. The summed E-state index contributed by atoms with van der Waals surface area (Å²) in [5.74, 6) is -0.331. The quantitative estimate of drug-likeness (QED) is 0.858. The first kappa shape index (κ1) is 17.8. The van der Waals surface area contributed by atoms with Crippen LogP contribution in [0.1, 0.15) is 37.7 Å². The predicted octanol–water partition coefficient (Wildman–Crippen LogP) is 4.05. The second kappa shape index (κ2) is 8.32. The van der Waals surface area contributed by atoms with E-state index >= 15 is 0 Å². The third-order valence-corrected chi connectivity index (χ3v) is 4.42. The van der Waals surface area contributed by atoms with Crippen LogP contribution in [-0.4, -0.2) is 25.2 Å². The Morgan fingerprint density at radius 1 is 1.22 bits per heavy atom. The molecule has 23 heavy (non-hydrogen) atoms. The largest absolute Gasteiger partial charge is 0.465 e. The van der Waals surface area contributed by atoms with E-state index in [0.717, 1.165) is 18.5 Å². The van der Waals surface area contributed by atoms with E-state index < -0.39 is 0 Å². The lowest BCUT2D eigenvalue weighted by molar-refractivity contribution is -0.145. The van der Waals surface area contributed by atoms with Crippen LogP contribution in [-0.2, 0) is 9.53 Å². The van der Waals surface area contributed by atoms with Crippen LogP contribution in [0.25, 0.3) is 10.8 Å². The molecule has 124 valence electrons. The highest BCUT2D eigenvalue weighted by molar-refractivity contribution is 5.86. The maximum absolute atomic E-state index is 12.5. The molecule has 1 aliphatic heterocycles. The zero-order valence-corrected chi connectivity index (χ0v) is 14.3. The average Bonchev–Trinajstić information content (AvgIpc) is 2.56. The van der Waals surface area contributed by atoms with Crippen LogP contribution >= 0.6 is 12.4 Å². The molecule has 2 unspecified atom stereocenters. The van der Waals surface area contributed by atoms with E-state index in [9.17, 15) is 4.79 Å². The first-order valence-electron chi connectivity index (χ1n) is 8.18. The molecule has 0 spiro atoms. The van der Waals surface area contributed by atoms with Gasteiger partial charge in [-0.3, -0.25) is 4.79 Å². The van der Waals surface area contributed by atoms with Gasteiger partial charge in [0.15, 0.2) is 0 Å². The number of piperidine rings is 1. The van der Waals surface area contributed by atoms with Gasteiger partial charge in [0.2, 0.25) is 0 Å². The van der Waals surface area contributed by atoms with Crippen LogP contribution in [0.2, 0.25) is 0 Å². The van der Waals surface area contributed by atoms with Crippen molar-refractivity contribution in [2.75, 3.05) is 13.2 Å². The van der Waals surface area contributed by atoms with E-state index in [0.29, 0.717) is 6.61 Å². The minimum Gasteiger partial charge on any atom is -0.465 e. The van der Waals surface area contributed by atoms with Crippen LogP contribution in [0.15, 0.2) is 42.5 Å². The molecule has 0 amide bonds. The summed E-state index contributed by atoms with van der Waals surface area (Å²) in [7, 11) is 0. The van der Waals surface area contributed by atoms with Crippen LogP contribution < -0.4 is 5.32 Å². The highest BCUT2D eigenvalue weighted by atomic mass is 35.5. The summed E-state index contributed by atoms with van der Waals surface area (Å²) in [6.45, 7) is 3.27. The van der Waals surface area contributed by atoms with Crippen LogP contribution in [0, 0.1) is 0 Å². The standard InChI is InChI=1S/C19H23NO2.ClH/c1-2-22-19(21)18(17-9-5-6-12-20-17)16-11-10-14-7-3-4-8-15(14)13-16;/h3-4,7-8,10-11,13,17-18,20H,2,5-6,9,12H2,1H3;1H.